The summed E-state index contributed by atoms with van der Waals surface area (Å²) < 4.78 is 26.3. The zero-order valence-electron chi connectivity index (χ0n) is 12.3. The van der Waals surface area contributed by atoms with Crippen LogP contribution in [-0.2, 0) is 14.8 Å². The van der Waals surface area contributed by atoms with Gasteiger partial charge in [0.15, 0.2) is 0 Å². The third-order valence-corrected chi connectivity index (χ3v) is 4.58. The van der Waals surface area contributed by atoms with Gasteiger partial charge in [-0.2, -0.15) is 0 Å². The van der Waals surface area contributed by atoms with Crippen LogP contribution in [0, 0.1) is 5.92 Å². The van der Waals surface area contributed by atoms with E-state index < -0.39 is 21.9 Å². The van der Waals surface area contributed by atoms with Crippen LogP contribution in [0.5, 0.6) is 0 Å². The number of anilines is 1. The van der Waals surface area contributed by atoms with Gasteiger partial charge in [-0.15, -0.1) is 0 Å². The summed E-state index contributed by atoms with van der Waals surface area (Å²) in [6.07, 6.45) is 1.27. The topological polar surface area (TPSA) is 95.5 Å². The number of aliphatic carboxylic acids is 1. The minimum Gasteiger partial charge on any atom is -0.481 e. The van der Waals surface area contributed by atoms with Gasteiger partial charge in [-0.05, 0) is 37.1 Å². The van der Waals surface area contributed by atoms with Crippen molar-refractivity contribution in [3.63, 3.8) is 0 Å². The van der Waals surface area contributed by atoms with Gasteiger partial charge in [0.25, 0.3) is 0 Å². The fourth-order valence-corrected chi connectivity index (χ4v) is 2.85. The monoisotopic (exact) mass is 314 g/mol. The molecule has 1 aromatic rings. The summed E-state index contributed by atoms with van der Waals surface area (Å²) in [7, 11) is -3.46. The molecule has 0 bridgehead atoms. The molecule has 0 heterocycles. The summed E-state index contributed by atoms with van der Waals surface area (Å²) in [6, 6.07) is 6.27. The van der Waals surface area contributed by atoms with Crippen molar-refractivity contribution in [3.05, 3.63) is 24.3 Å². The first-order valence-corrected chi connectivity index (χ1v) is 8.45. The fourth-order valence-electron chi connectivity index (χ4n) is 1.72. The van der Waals surface area contributed by atoms with Crippen molar-refractivity contribution in [1.82, 2.24) is 4.72 Å². The maximum absolute atomic E-state index is 11.9. The first-order chi connectivity index (χ1) is 9.90. The molecule has 0 fully saturated rings. The molecule has 1 unspecified atom stereocenters. The van der Waals surface area contributed by atoms with Gasteiger partial charge in [0.2, 0.25) is 10.0 Å². The molecule has 0 radical (unpaired) electrons. The van der Waals surface area contributed by atoms with Crippen molar-refractivity contribution in [2.45, 2.75) is 31.6 Å². The highest BCUT2D eigenvalue weighted by Gasteiger charge is 2.15. The van der Waals surface area contributed by atoms with Crippen molar-refractivity contribution < 1.29 is 18.3 Å². The van der Waals surface area contributed by atoms with E-state index in [4.69, 9.17) is 5.11 Å². The Labute approximate surface area is 125 Å². The second-order valence-electron chi connectivity index (χ2n) is 4.75. The second kappa shape index (κ2) is 7.99. The van der Waals surface area contributed by atoms with Crippen LogP contribution in [0.25, 0.3) is 0 Å². The van der Waals surface area contributed by atoms with Crippen LogP contribution in [0.4, 0.5) is 5.69 Å². The van der Waals surface area contributed by atoms with E-state index in [0.717, 1.165) is 6.42 Å². The minimum absolute atomic E-state index is 0.201. The molecular formula is C14H22N2O4S. The van der Waals surface area contributed by atoms with E-state index in [0.29, 0.717) is 25.2 Å². The highest BCUT2D eigenvalue weighted by molar-refractivity contribution is 7.89. The number of nitrogens with one attached hydrogen (secondary N) is 2. The number of rotatable bonds is 9. The quantitative estimate of drug-likeness (QED) is 0.647. The zero-order valence-corrected chi connectivity index (χ0v) is 13.1. The average Bonchev–Trinajstić information content (AvgIpc) is 2.46. The number of carboxylic acids is 1. The minimum atomic E-state index is -3.46. The van der Waals surface area contributed by atoms with Gasteiger partial charge >= 0.3 is 5.97 Å². The van der Waals surface area contributed by atoms with Crippen molar-refractivity contribution in [2.24, 2.45) is 5.92 Å². The normalized spacial score (nSPS) is 12.9. The molecule has 0 aliphatic rings. The molecule has 0 aliphatic heterocycles. The Hall–Kier alpha value is -1.60. The van der Waals surface area contributed by atoms with Gasteiger partial charge in [-0.1, -0.05) is 13.8 Å². The third-order valence-electron chi connectivity index (χ3n) is 3.10. The lowest BCUT2D eigenvalue weighted by molar-refractivity contribution is -0.141. The Morgan fingerprint density at radius 3 is 2.33 bits per heavy atom. The Balaban J connectivity index is 2.68. The number of benzene rings is 1. The smallest absolute Gasteiger partial charge is 0.308 e. The van der Waals surface area contributed by atoms with E-state index in [1.54, 1.807) is 12.1 Å². The fraction of sp³-hybridized carbons (Fsp3) is 0.500. The predicted molar refractivity (Wildman–Crippen MR) is 81.8 cm³/mol. The molecule has 0 spiro atoms. The van der Waals surface area contributed by atoms with Crippen molar-refractivity contribution >= 4 is 21.7 Å². The van der Waals surface area contributed by atoms with Gasteiger partial charge in [0.05, 0.1) is 10.8 Å². The SMILES string of the molecule is CCCNS(=O)(=O)c1ccc(NCC(CC)C(=O)O)cc1. The molecule has 0 aromatic heterocycles. The van der Waals surface area contributed by atoms with Crippen LogP contribution in [0.15, 0.2) is 29.2 Å². The third kappa shape index (κ3) is 5.35. The molecule has 7 heteroatoms. The van der Waals surface area contributed by atoms with Gasteiger partial charge < -0.3 is 10.4 Å². The molecule has 1 aromatic carbocycles. The van der Waals surface area contributed by atoms with Crippen molar-refractivity contribution in [1.29, 1.82) is 0 Å². The van der Waals surface area contributed by atoms with Crippen molar-refractivity contribution in [2.75, 3.05) is 18.4 Å². The number of hydrogen-bond acceptors (Lipinski definition) is 4. The first-order valence-electron chi connectivity index (χ1n) is 6.97. The maximum Gasteiger partial charge on any atom is 0.308 e. The molecule has 0 saturated carbocycles. The highest BCUT2D eigenvalue weighted by Crippen LogP contribution is 2.15. The Bertz CT molecular complexity index is 555. The summed E-state index contributed by atoms with van der Waals surface area (Å²) in [5, 5.41) is 12.0. The van der Waals surface area contributed by atoms with Crippen LogP contribution < -0.4 is 10.0 Å². The van der Waals surface area contributed by atoms with E-state index >= 15 is 0 Å². The lowest BCUT2D eigenvalue weighted by Gasteiger charge is -2.12. The van der Waals surface area contributed by atoms with Gasteiger partial charge in [-0.25, -0.2) is 13.1 Å². The number of hydrogen-bond donors (Lipinski definition) is 3. The molecular weight excluding hydrogens is 292 g/mol. The van der Waals surface area contributed by atoms with E-state index in [2.05, 4.69) is 10.0 Å². The zero-order chi connectivity index (χ0) is 15.9. The molecule has 0 aliphatic carbocycles. The number of sulfonamides is 1. The molecule has 0 amide bonds. The summed E-state index contributed by atoms with van der Waals surface area (Å²) >= 11 is 0. The van der Waals surface area contributed by atoms with Gasteiger partial charge in [0, 0.05) is 18.8 Å². The molecule has 1 atom stereocenters. The molecule has 21 heavy (non-hydrogen) atoms. The Morgan fingerprint density at radius 1 is 1.24 bits per heavy atom. The highest BCUT2D eigenvalue weighted by atomic mass is 32.2. The lowest BCUT2D eigenvalue weighted by atomic mass is 10.1. The second-order valence-corrected chi connectivity index (χ2v) is 6.51. The molecule has 118 valence electrons. The van der Waals surface area contributed by atoms with E-state index in [9.17, 15) is 13.2 Å². The van der Waals surface area contributed by atoms with Crippen molar-refractivity contribution in [3.8, 4) is 0 Å². The van der Waals surface area contributed by atoms with Crippen LogP contribution in [0.3, 0.4) is 0 Å². The molecule has 0 saturated heterocycles. The van der Waals surface area contributed by atoms with Crippen LogP contribution in [-0.4, -0.2) is 32.6 Å². The van der Waals surface area contributed by atoms with Crippen LogP contribution in [0.1, 0.15) is 26.7 Å². The van der Waals surface area contributed by atoms with Crippen LogP contribution in [0.2, 0.25) is 0 Å². The first kappa shape index (κ1) is 17.5. The molecule has 1 rings (SSSR count). The van der Waals surface area contributed by atoms with Gasteiger partial charge in [-0.3, -0.25) is 4.79 Å². The summed E-state index contributed by atoms with van der Waals surface area (Å²) in [4.78, 5) is 11.1. The largest absolute Gasteiger partial charge is 0.481 e. The summed E-state index contributed by atoms with van der Waals surface area (Å²) in [5.41, 5.74) is 0.698. The number of carbonyl (C=O) groups is 1. The molecule has 3 N–H and O–H groups in total. The summed E-state index contributed by atoms with van der Waals surface area (Å²) in [5.74, 6) is -1.30. The van der Waals surface area contributed by atoms with E-state index in [-0.39, 0.29) is 4.90 Å². The maximum atomic E-state index is 11.9. The Kier molecular flexibility index (Phi) is 6.64. The lowest BCUT2D eigenvalue weighted by Crippen LogP contribution is -2.24. The van der Waals surface area contributed by atoms with E-state index in [1.165, 1.54) is 12.1 Å². The number of carboxylic acid groups (broad SMARTS) is 1. The average molecular weight is 314 g/mol. The van der Waals surface area contributed by atoms with Gasteiger partial charge in [0.1, 0.15) is 0 Å². The predicted octanol–water partition coefficient (Wildman–Crippen LogP) is 1.90. The summed E-state index contributed by atoms with van der Waals surface area (Å²) in [6.45, 7) is 4.42. The molecule has 6 nitrogen and oxygen atoms in total. The Morgan fingerprint density at radius 2 is 1.86 bits per heavy atom. The van der Waals surface area contributed by atoms with Crippen LogP contribution >= 0.6 is 0 Å². The van der Waals surface area contributed by atoms with E-state index in [1.807, 2.05) is 13.8 Å². The standard InChI is InChI=1S/C14H22N2O4S/c1-3-9-16-21(19,20)13-7-5-12(6-8-13)15-10-11(4-2)14(17)18/h5-8,11,15-16H,3-4,9-10H2,1-2H3,(H,17,18).